The van der Waals surface area contributed by atoms with Crippen LogP contribution >= 0.6 is 0 Å². The van der Waals surface area contributed by atoms with Crippen LogP contribution in [0.4, 0.5) is 0 Å². The van der Waals surface area contributed by atoms with Crippen molar-refractivity contribution >= 4 is 43.6 Å². The number of hydrogen-bond acceptors (Lipinski definition) is 3. The summed E-state index contributed by atoms with van der Waals surface area (Å²) in [5.41, 5.74) is 11.6. The highest BCUT2D eigenvalue weighted by Crippen LogP contribution is 2.38. The summed E-state index contributed by atoms with van der Waals surface area (Å²) in [7, 11) is 0. The zero-order valence-corrected chi connectivity index (χ0v) is 27.0. The van der Waals surface area contributed by atoms with Gasteiger partial charge in [-0.2, -0.15) is 0 Å². The largest absolute Gasteiger partial charge is 0.317 e. The smallest absolute Gasteiger partial charge is 0.160 e. The Labute approximate surface area is 288 Å². The van der Waals surface area contributed by atoms with Gasteiger partial charge in [0.05, 0.1) is 33.5 Å². The predicted octanol–water partition coefficient (Wildman–Crippen LogP) is 11.1. The third kappa shape index (κ3) is 4.52. The Balaban J connectivity index is 1.08. The molecule has 0 bridgehead atoms. The number of aromatic nitrogens is 5. The molecule has 10 rings (SSSR count). The molecule has 4 heterocycles. The summed E-state index contributed by atoms with van der Waals surface area (Å²) < 4.78 is 4.63. The van der Waals surface area contributed by atoms with Crippen LogP contribution in [0.25, 0.3) is 88.9 Å². The lowest BCUT2D eigenvalue weighted by atomic mass is 10.0. The van der Waals surface area contributed by atoms with Crippen LogP contribution in [-0.4, -0.2) is 24.1 Å². The van der Waals surface area contributed by atoms with Crippen molar-refractivity contribution in [2.45, 2.75) is 0 Å². The molecule has 0 aliphatic heterocycles. The van der Waals surface area contributed by atoms with E-state index >= 15 is 0 Å². The van der Waals surface area contributed by atoms with Gasteiger partial charge in [0.15, 0.2) is 5.82 Å². The number of nitrogens with zero attached hydrogens (tertiary/aromatic N) is 5. The van der Waals surface area contributed by atoms with Crippen LogP contribution in [0.3, 0.4) is 0 Å². The maximum absolute atomic E-state index is 5.16. The molecule has 5 nitrogen and oxygen atoms in total. The molecule has 50 heavy (non-hydrogen) atoms. The SMILES string of the molecule is c1ccc(-n2ccc3c4c5ccccc5n(-c5ccc(-c6nc(-c7ccc(-c8ccccn8)cc7)c7ccccc7n6)cc5)c4ccc32)cc1. The zero-order valence-electron chi connectivity index (χ0n) is 27.0. The highest BCUT2D eigenvalue weighted by molar-refractivity contribution is 6.21. The number of benzene rings is 6. The molecule has 5 heteroatoms. The molecule has 0 aliphatic rings. The van der Waals surface area contributed by atoms with Gasteiger partial charge in [-0.15, -0.1) is 0 Å². The number of para-hydroxylation sites is 3. The molecule has 0 spiro atoms. The third-order valence-corrected chi connectivity index (χ3v) is 9.65. The maximum Gasteiger partial charge on any atom is 0.160 e. The fourth-order valence-corrected chi connectivity index (χ4v) is 7.29. The molecule has 0 aliphatic carbocycles. The monoisotopic (exact) mass is 639 g/mol. The highest BCUT2D eigenvalue weighted by Gasteiger charge is 2.17. The number of rotatable bonds is 5. The quantitative estimate of drug-likeness (QED) is 0.188. The fourth-order valence-electron chi connectivity index (χ4n) is 7.29. The second-order valence-corrected chi connectivity index (χ2v) is 12.5. The minimum atomic E-state index is 0.699. The summed E-state index contributed by atoms with van der Waals surface area (Å²) in [6.45, 7) is 0. The Hall–Kier alpha value is -6.85. The van der Waals surface area contributed by atoms with Crippen LogP contribution in [0.5, 0.6) is 0 Å². The van der Waals surface area contributed by atoms with Crippen LogP contribution in [0.15, 0.2) is 176 Å². The predicted molar refractivity (Wildman–Crippen MR) is 205 cm³/mol. The normalized spacial score (nSPS) is 11.6. The van der Waals surface area contributed by atoms with Crippen molar-refractivity contribution in [1.29, 1.82) is 0 Å². The second kappa shape index (κ2) is 11.4. The van der Waals surface area contributed by atoms with Gasteiger partial charge >= 0.3 is 0 Å². The van der Waals surface area contributed by atoms with Crippen molar-refractivity contribution in [2.24, 2.45) is 0 Å². The Morgan fingerprint density at radius 2 is 1.10 bits per heavy atom. The van der Waals surface area contributed by atoms with Gasteiger partial charge in [0.2, 0.25) is 0 Å². The van der Waals surface area contributed by atoms with E-state index in [1.54, 1.807) is 0 Å². The number of hydrogen-bond donors (Lipinski definition) is 0. The molecule has 0 amide bonds. The van der Waals surface area contributed by atoms with E-state index in [0.717, 1.165) is 50.4 Å². The van der Waals surface area contributed by atoms with Crippen molar-refractivity contribution in [1.82, 2.24) is 24.1 Å². The van der Waals surface area contributed by atoms with Gasteiger partial charge in [-0.05, 0) is 78.9 Å². The summed E-state index contributed by atoms with van der Waals surface area (Å²) in [5, 5.41) is 4.76. The molecule has 4 aromatic heterocycles. The maximum atomic E-state index is 5.16. The molecule has 234 valence electrons. The molecule has 10 aromatic rings. The van der Waals surface area contributed by atoms with Gasteiger partial charge in [-0.1, -0.05) is 84.9 Å². The van der Waals surface area contributed by atoms with Crippen LogP contribution in [0.2, 0.25) is 0 Å². The van der Waals surface area contributed by atoms with Gasteiger partial charge in [0, 0.05) is 62.0 Å². The summed E-state index contributed by atoms with van der Waals surface area (Å²) in [5.74, 6) is 0.699. The van der Waals surface area contributed by atoms with E-state index in [9.17, 15) is 0 Å². The van der Waals surface area contributed by atoms with Crippen LogP contribution < -0.4 is 0 Å². The van der Waals surface area contributed by atoms with Crippen molar-refractivity contribution < 1.29 is 0 Å². The fraction of sp³-hybridized carbons (Fsp3) is 0. The van der Waals surface area contributed by atoms with Crippen LogP contribution in [0.1, 0.15) is 0 Å². The summed E-state index contributed by atoms with van der Waals surface area (Å²) in [6, 6.07) is 57.2. The summed E-state index contributed by atoms with van der Waals surface area (Å²) in [6.07, 6.45) is 4.00. The minimum absolute atomic E-state index is 0.699. The van der Waals surface area contributed by atoms with Gasteiger partial charge in [0.1, 0.15) is 0 Å². The Morgan fingerprint density at radius 1 is 0.420 bits per heavy atom. The first-order valence-corrected chi connectivity index (χ1v) is 16.8. The second-order valence-electron chi connectivity index (χ2n) is 12.5. The molecule has 0 atom stereocenters. The lowest BCUT2D eigenvalue weighted by Gasteiger charge is -2.12. The van der Waals surface area contributed by atoms with Gasteiger partial charge in [0.25, 0.3) is 0 Å². The Kier molecular flexibility index (Phi) is 6.42. The first-order chi connectivity index (χ1) is 24.8. The average Bonchev–Trinajstić information content (AvgIpc) is 3.78. The molecular weight excluding hydrogens is 611 g/mol. The van der Waals surface area contributed by atoms with Crippen molar-refractivity contribution in [2.75, 3.05) is 0 Å². The first-order valence-electron chi connectivity index (χ1n) is 16.8. The van der Waals surface area contributed by atoms with E-state index in [1.165, 1.54) is 32.7 Å². The van der Waals surface area contributed by atoms with Crippen LogP contribution in [0, 0.1) is 0 Å². The van der Waals surface area contributed by atoms with Gasteiger partial charge in [-0.25, -0.2) is 9.97 Å². The molecule has 6 aromatic carbocycles. The number of pyridine rings is 1. The highest BCUT2D eigenvalue weighted by atomic mass is 15.0. The number of fused-ring (bicyclic) bond motifs is 6. The zero-order chi connectivity index (χ0) is 33.0. The van der Waals surface area contributed by atoms with E-state index in [2.05, 4.69) is 154 Å². The lowest BCUT2D eigenvalue weighted by Crippen LogP contribution is -1.97. The van der Waals surface area contributed by atoms with E-state index in [-0.39, 0.29) is 0 Å². The lowest BCUT2D eigenvalue weighted by molar-refractivity contribution is 1.13. The van der Waals surface area contributed by atoms with Gasteiger partial charge in [-0.3, -0.25) is 4.98 Å². The van der Waals surface area contributed by atoms with Crippen LogP contribution in [-0.2, 0) is 0 Å². The van der Waals surface area contributed by atoms with E-state index < -0.39 is 0 Å². The summed E-state index contributed by atoms with van der Waals surface area (Å²) in [4.78, 5) is 14.7. The molecule has 0 saturated heterocycles. The standard InChI is InChI=1S/C45H29N5/c1-2-10-33(11-3-1)49-29-27-37-40(49)25-26-42-43(37)36-13-5-7-16-41(36)50(42)34-23-21-32(22-24-34)45-47-39-15-6-4-12-35(39)44(48-45)31-19-17-30(18-20-31)38-14-8-9-28-46-38/h1-29H. The van der Waals surface area contributed by atoms with E-state index in [0.29, 0.717) is 5.82 Å². The Bertz CT molecular complexity index is 2830. The first kappa shape index (κ1) is 28.2. The minimum Gasteiger partial charge on any atom is -0.317 e. The van der Waals surface area contributed by atoms with Gasteiger partial charge < -0.3 is 9.13 Å². The summed E-state index contributed by atoms with van der Waals surface area (Å²) >= 11 is 0. The Morgan fingerprint density at radius 3 is 1.92 bits per heavy atom. The van der Waals surface area contributed by atoms with Crippen molar-refractivity contribution in [3.63, 3.8) is 0 Å². The average molecular weight is 640 g/mol. The van der Waals surface area contributed by atoms with E-state index in [4.69, 9.17) is 9.97 Å². The molecule has 0 radical (unpaired) electrons. The van der Waals surface area contributed by atoms with Crippen molar-refractivity contribution in [3.05, 3.63) is 176 Å². The molecule has 0 N–H and O–H groups in total. The molecule has 0 saturated carbocycles. The van der Waals surface area contributed by atoms with E-state index in [1.807, 2.05) is 36.5 Å². The molecular formula is C45H29N5. The molecule has 0 unspecified atom stereocenters. The molecule has 0 fully saturated rings. The topological polar surface area (TPSA) is 48.5 Å². The van der Waals surface area contributed by atoms with Crippen molar-refractivity contribution in [3.8, 4) is 45.3 Å². The third-order valence-electron chi connectivity index (χ3n) is 9.65.